The van der Waals surface area contributed by atoms with Crippen LogP contribution in [0.2, 0.25) is 0 Å². The highest BCUT2D eigenvalue weighted by molar-refractivity contribution is 7.91. The summed E-state index contributed by atoms with van der Waals surface area (Å²) in [5, 5.41) is 22.4. The van der Waals surface area contributed by atoms with Gasteiger partial charge in [-0.3, -0.25) is 4.79 Å². The first-order chi connectivity index (χ1) is 14.8. The molecule has 10 nitrogen and oxygen atoms in total. The molecule has 5 rings (SSSR count). The van der Waals surface area contributed by atoms with Crippen LogP contribution in [0.15, 0.2) is 21.5 Å². The van der Waals surface area contributed by atoms with E-state index in [-0.39, 0.29) is 10.8 Å². The molecule has 31 heavy (non-hydrogen) atoms. The van der Waals surface area contributed by atoms with Gasteiger partial charge in [0.05, 0.1) is 24.4 Å². The lowest BCUT2D eigenvalue weighted by molar-refractivity contribution is -0.138. The number of hydrogen-bond acceptors (Lipinski definition) is 5. The van der Waals surface area contributed by atoms with E-state index in [1.807, 2.05) is 0 Å². The van der Waals surface area contributed by atoms with Gasteiger partial charge in [-0.05, 0) is 54.4 Å². The number of aryl methyl sites for hydroxylation is 3. The maximum absolute atomic E-state index is 13.1. The third-order valence-corrected chi connectivity index (χ3v) is 7.50. The highest BCUT2D eigenvalue weighted by Crippen LogP contribution is 2.44. The highest BCUT2D eigenvalue weighted by atomic mass is 32.2. The molecule has 2 heterocycles. The number of anilines is 1. The van der Waals surface area contributed by atoms with Crippen LogP contribution in [0.25, 0.3) is 0 Å². The number of aliphatic carboxylic acids is 1. The number of fused-ring (bicyclic) bond motifs is 3. The van der Waals surface area contributed by atoms with Gasteiger partial charge in [0.2, 0.25) is 5.88 Å². The normalized spacial score (nSPS) is 20.7. The van der Waals surface area contributed by atoms with Gasteiger partial charge >= 0.3 is 12.0 Å². The number of carboxylic acid groups (broad SMARTS) is 1. The number of rotatable bonds is 3. The predicted octanol–water partition coefficient (Wildman–Crippen LogP) is 2.20. The molecule has 164 valence electrons. The van der Waals surface area contributed by atoms with Crippen molar-refractivity contribution in [2.75, 3.05) is 11.9 Å². The number of hydrogen-bond donors (Lipinski definition) is 3. The summed E-state index contributed by atoms with van der Waals surface area (Å²) in [7, 11) is -3.60. The Bertz CT molecular complexity index is 1230. The fourth-order valence-electron chi connectivity index (χ4n) is 4.81. The van der Waals surface area contributed by atoms with Gasteiger partial charge in [0.25, 0.3) is 0 Å². The molecule has 4 N–H and O–H groups in total. The second-order valence-electron chi connectivity index (χ2n) is 8.07. The third-order valence-electron chi connectivity index (χ3n) is 6.15. The van der Waals surface area contributed by atoms with Crippen molar-refractivity contribution in [1.82, 2.24) is 9.78 Å². The zero-order valence-electron chi connectivity index (χ0n) is 16.8. The Morgan fingerprint density at radius 3 is 2.94 bits per heavy atom. The molecule has 0 saturated carbocycles. The molecule has 11 heteroatoms. The zero-order valence-corrected chi connectivity index (χ0v) is 17.6. The van der Waals surface area contributed by atoms with Gasteiger partial charge in [-0.1, -0.05) is 6.07 Å². The van der Waals surface area contributed by atoms with Crippen LogP contribution in [0.1, 0.15) is 47.4 Å². The van der Waals surface area contributed by atoms with Gasteiger partial charge in [-0.2, -0.15) is 5.10 Å². The van der Waals surface area contributed by atoms with Crippen molar-refractivity contribution in [2.24, 2.45) is 9.50 Å². The minimum absolute atomic E-state index is 0.0780. The minimum Gasteiger partial charge on any atom is -0.481 e. The topological polar surface area (TPSA) is 149 Å². The fraction of sp³-hybridized carbons (Fsp3) is 0.450. The molecule has 2 aliphatic carbocycles. The Morgan fingerprint density at radius 1 is 1.29 bits per heavy atom. The Kier molecular flexibility index (Phi) is 4.74. The maximum atomic E-state index is 13.1. The first-order valence-electron chi connectivity index (χ1n) is 10.3. The quantitative estimate of drug-likeness (QED) is 0.659. The van der Waals surface area contributed by atoms with Crippen LogP contribution in [0, 0.1) is 0 Å². The van der Waals surface area contributed by atoms with E-state index in [4.69, 9.17) is 9.88 Å². The van der Waals surface area contributed by atoms with Crippen molar-refractivity contribution in [2.45, 2.75) is 55.9 Å². The number of aromatic nitrogens is 2. The average Bonchev–Trinajstić information content (AvgIpc) is 3.44. The number of nitrogens with two attached hydrogens (primary N) is 1. The van der Waals surface area contributed by atoms with E-state index in [2.05, 4.69) is 20.8 Å². The number of ether oxygens (including phenoxy) is 1. The number of nitrogens with one attached hydrogen (secondary N) is 1. The molecule has 1 aromatic carbocycles. The van der Waals surface area contributed by atoms with Gasteiger partial charge in [0, 0.05) is 13.0 Å². The van der Waals surface area contributed by atoms with E-state index >= 15 is 0 Å². The first-order valence-corrected chi connectivity index (χ1v) is 11.9. The lowest BCUT2D eigenvalue weighted by Crippen LogP contribution is -2.21. The number of carboxylic acids is 1. The second-order valence-corrected chi connectivity index (χ2v) is 9.83. The summed E-state index contributed by atoms with van der Waals surface area (Å²) in [5.41, 5.74) is 4.12. The minimum atomic E-state index is -3.60. The average molecular weight is 446 g/mol. The molecule has 3 aliphatic rings. The van der Waals surface area contributed by atoms with Crippen LogP contribution in [-0.4, -0.2) is 37.7 Å². The van der Waals surface area contributed by atoms with Gasteiger partial charge in [0.1, 0.15) is 4.90 Å². The van der Waals surface area contributed by atoms with Gasteiger partial charge in [0.15, 0.2) is 9.92 Å². The molecule has 0 saturated heterocycles. The largest absolute Gasteiger partial charge is 0.481 e. The van der Waals surface area contributed by atoms with Crippen LogP contribution in [-0.2, 0) is 40.5 Å². The molecule has 0 fully saturated rings. The molecule has 0 radical (unpaired) electrons. The summed E-state index contributed by atoms with van der Waals surface area (Å²) in [6.07, 6.45) is 5.78. The van der Waals surface area contributed by atoms with E-state index in [1.54, 1.807) is 4.68 Å². The third kappa shape index (κ3) is 3.37. The van der Waals surface area contributed by atoms with Crippen LogP contribution in [0.3, 0.4) is 0 Å². The molecule has 2 aromatic rings. The molecule has 2 atom stereocenters. The lowest BCUT2D eigenvalue weighted by atomic mass is 9.94. The number of carbonyl (C=O) groups excluding carboxylic acids is 1. The van der Waals surface area contributed by atoms with E-state index < -0.39 is 27.8 Å². The predicted molar refractivity (Wildman–Crippen MR) is 112 cm³/mol. The van der Waals surface area contributed by atoms with Gasteiger partial charge < -0.3 is 15.2 Å². The number of benzene rings is 1. The SMILES string of the molecule is NS(=O)(=NC(=O)Nc1c2c(cc3c1C(C(=O)O)CC3)CCC2)c1cnn2c1OCCC2. The van der Waals surface area contributed by atoms with Crippen molar-refractivity contribution in [3.05, 3.63) is 34.5 Å². The molecule has 0 bridgehead atoms. The zero-order chi connectivity index (χ0) is 21.8. The van der Waals surface area contributed by atoms with Crippen molar-refractivity contribution in [3.63, 3.8) is 0 Å². The van der Waals surface area contributed by atoms with E-state index in [1.165, 1.54) is 6.20 Å². The Labute approximate surface area is 179 Å². The fourth-order valence-corrected chi connectivity index (χ4v) is 5.81. The second kappa shape index (κ2) is 7.34. The van der Waals surface area contributed by atoms with Crippen molar-refractivity contribution >= 4 is 27.6 Å². The van der Waals surface area contributed by atoms with Gasteiger partial charge in [-0.25, -0.2) is 18.8 Å². The summed E-state index contributed by atoms with van der Waals surface area (Å²) in [6.45, 7) is 1.05. The molecule has 2 amide bonds. The standard InChI is InChI=1S/C20H23N5O5S/c21-31(29,15-10-22-25-7-2-8-30-18(15)25)24-20(28)23-17-13-4-1-3-11(13)9-12-5-6-14(16(12)17)19(26)27/h9-10,14H,1-8H2,(H,26,27)(H3,21,23,24,28,29). The van der Waals surface area contributed by atoms with E-state index in [0.29, 0.717) is 37.2 Å². The van der Waals surface area contributed by atoms with E-state index in [0.717, 1.165) is 42.4 Å². The van der Waals surface area contributed by atoms with Gasteiger partial charge in [-0.15, -0.1) is 4.36 Å². The van der Waals surface area contributed by atoms with Crippen LogP contribution in [0.5, 0.6) is 5.88 Å². The molecule has 0 spiro atoms. The number of nitrogens with zero attached hydrogens (tertiary/aromatic N) is 3. The summed E-state index contributed by atoms with van der Waals surface area (Å²) in [5.74, 6) is -1.34. The first kappa shape index (κ1) is 20.0. The van der Waals surface area contributed by atoms with E-state index in [9.17, 15) is 18.9 Å². The van der Waals surface area contributed by atoms with Crippen molar-refractivity contribution in [3.8, 4) is 5.88 Å². The lowest BCUT2D eigenvalue weighted by Gasteiger charge is -2.18. The molecular weight excluding hydrogens is 422 g/mol. The molecule has 2 unspecified atom stereocenters. The van der Waals surface area contributed by atoms with Crippen molar-refractivity contribution < 1.29 is 23.6 Å². The Morgan fingerprint density at radius 2 is 2.13 bits per heavy atom. The summed E-state index contributed by atoms with van der Waals surface area (Å²) < 4.78 is 23.9. The maximum Gasteiger partial charge on any atom is 0.354 e. The van der Waals surface area contributed by atoms with Crippen LogP contribution >= 0.6 is 0 Å². The van der Waals surface area contributed by atoms with Crippen LogP contribution in [0.4, 0.5) is 10.5 Å². The van der Waals surface area contributed by atoms with Crippen molar-refractivity contribution in [1.29, 1.82) is 0 Å². The summed E-state index contributed by atoms with van der Waals surface area (Å²) >= 11 is 0. The Hall–Kier alpha value is -2.92. The monoisotopic (exact) mass is 445 g/mol. The summed E-state index contributed by atoms with van der Waals surface area (Å²) in [4.78, 5) is 24.7. The molecular formula is C20H23N5O5S. The highest BCUT2D eigenvalue weighted by Gasteiger charge is 2.35. The molecule has 1 aliphatic heterocycles. The smallest absolute Gasteiger partial charge is 0.354 e. The molecule has 1 aromatic heterocycles. The summed E-state index contributed by atoms with van der Waals surface area (Å²) in [6, 6.07) is 1.19. The van der Waals surface area contributed by atoms with Crippen LogP contribution < -0.4 is 15.2 Å². The number of urea groups is 1. The number of amides is 2. The number of carbonyl (C=O) groups is 2. The Balaban J connectivity index is 1.52.